The number of aromatic nitrogens is 3. The molecule has 0 aliphatic rings. The van der Waals surface area contributed by atoms with Crippen LogP contribution in [0.2, 0.25) is 0 Å². The molecule has 2 rings (SSSR count). The molecule has 0 saturated carbocycles. The van der Waals surface area contributed by atoms with Crippen LogP contribution in [-0.2, 0) is 0 Å². The second-order valence-corrected chi connectivity index (χ2v) is 2.66. The average molecular weight is 147 g/mol. The van der Waals surface area contributed by atoms with Crippen molar-refractivity contribution in [2.45, 2.75) is 13.8 Å². The first-order valence-electron chi connectivity index (χ1n) is 3.55. The van der Waals surface area contributed by atoms with Crippen LogP contribution in [-0.4, -0.2) is 14.4 Å². The van der Waals surface area contributed by atoms with Gasteiger partial charge in [0.25, 0.3) is 0 Å². The molecule has 3 heteroatoms. The molecule has 2 heterocycles. The van der Waals surface area contributed by atoms with Gasteiger partial charge in [-0.1, -0.05) is 0 Å². The second-order valence-electron chi connectivity index (χ2n) is 2.66. The molecule has 56 valence electrons. The molecule has 2 aromatic heterocycles. The van der Waals surface area contributed by atoms with Crippen LogP contribution in [0.3, 0.4) is 0 Å². The number of imidazole rings is 1. The summed E-state index contributed by atoms with van der Waals surface area (Å²) in [4.78, 5) is 8.47. The maximum atomic E-state index is 4.25. The van der Waals surface area contributed by atoms with Crippen LogP contribution in [0.4, 0.5) is 0 Å². The van der Waals surface area contributed by atoms with Crippen molar-refractivity contribution in [3.05, 3.63) is 29.8 Å². The van der Waals surface area contributed by atoms with Gasteiger partial charge in [-0.15, -0.1) is 0 Å². The van der Waals surface area contributed by atoms with Crippen molar-refractivity contribution >= 4 is 5.78 Å². The van der Waals surface area contributed by atoms with Crippen molar-refractivity contribution in [3.8, 4) is 0 Å². The van der Waals surface area contributed by atoms with Crippen LogP contribution in [0, 0.1) is 13.8 Å². The van der Waals surface area contributed by atoms with Gasteiger partial charge in [0, 0.05) is 18.1 Å². The molecule has 11 heavy (non-hydrogen) atoms. The average Bonchev–Trinajstić information content (AvgIpc) is 2.27. The zero-order chi connectivity index (χ0) is 7.84. The lowest BCUT2D eigenvalue weighted by molar-refractivity contribution is 1.07. The van der Waals surface area contributed by atoms with Crippen molar-refractivity contribution in [1.82, 2.24) is 14.4 Å². The zero-order valence-corrected chi connectivity index (χ0v) is 6.57. The summed E-state index contributed by atoms with van der Waals surface area (Å²) >= 11 is 0. The molecular formula is C8H9N3. The lowest BCUT2D eigenvalue weighted by Crippen LogP contribution is -1.88. The highest BCUT2D eigenvalue weighted by Gasteiger charge is 1.96. The Balaban J connectivity index is 2.82. The summed E-state index contributed by atoms with van der Waals surface area (Å²) in [6.45, 7) is 3.92. The van der Waals surface area contributed by atoms with Gasteiger partial charge < -0.3 is 0 Å². The summed E-state index contributed by atoms with van der Waals surface area (Å²) in [5.41, 5.74) is 2.01. The quantitative estimate of drug-likeness (QED) is 0.563. The molecule has 0 aromatic carbocycles. The van der Waals surface area contributed by atoms with Gasteiger partial charge in [-0.05, 0) is 19.9 Å². The Morgan fingerprint density at radius 2 is 1.91 bits per heavy atom. The summed E-state index contributed by atoms with van der Waals surface area (Å²) in [6, 6.07) is 1.97. The van der Waals surface area contributed by atoms with E-state index in [4.69, 9.17) is 0 Å². The number of rotatable bonds is 0. The lowest BCUT2D eigenvalue weighted by Gasteiger charge is -1.91. The van der Waals surface area contributed by atoms with Crippen molar-refractivity contribution in [2.75, 3.05) is 0 Å². The van der Waals surface area contributed by atoms with Gasteiger partial charge in [0.05, 0.1) is 5.69 Å². The fraction of sp³-hybridized carbons (Fsp3) is 0.250. The minimum Gasteiger partial charge on any atom is -0.291 e. The van der Waals surface area contributed by atoms with Crippen molar-refractivity contribution in [3.63, 3.8) is 0 Å². The Morgan fingerprint density at radius 3 is 2.73 bits per heavy atom. The molecule has 0 N–H and O–H groups in total. The van der Waals surface area contributed by atoms with Gasteiger partial charge in [-0.25, -0.2) is 9.97 Å². The minimum atomic E-state index is 0.780. The predicted octanol–water partition coefficient (Wildman–Crippen LogP) is 1.35. The van der Waals surface area contributed by atoms with E-state index in [2.05, 4.69) is 9.97 Å². The molecule has 0 atom stereocenters. The first-order chi connectivity index (χ1) is 5.25. The lowest BCUT2D eigenvalue weighted by atomic mass is 10.5. The largest absolute Gasteiger partial charge is 0.291 e. The van der Waals surface area contributed by atoms with E-state index >= 15 is 0 Å². The normalized spacial score (nSPS) is 10.7. The van der Waals surface area contributed by atoms with Crippen LogP contribution in [0.25, 0.3) is 5.78 Å². The number of hydrogen-bond acceptors (Lipinski definition) is 2. The number of nitrogens with zero attached hydrogens (tertiary/aromatic N) is 3. The summed E-state index contributed by atoms with van der Waals surface area (Å²) in [6.07, 6.45) is 3.93. The van der Waals surface area contributed by atoms with Gasteiger partial charge in [-0.3, -0.25) is 4.40 Å². The molecule has 0 spiro atoms. The Labute approximate surface area is 64.7 Å². The summed E-state index contributed by atoms with van der Waals surface area (Å²) in [7, 11) is 0. The molecule has 0 unspecified atom stereocenters. The monoisotopic (exact) mass is 147 g/mol. The maximum Gasteiger partial charge on any atom is 0.234 e. The number of fused-ring (bicyclic) bond motifs is 1. The topological polar surface area (TPSA) is 30.2 Å². The summed E-state index contributed by atoms with van der Waals surface area (Å²) in [5.74, 6) is 0.780. The number of hydrogen-bond donors (Lipinski definition) is 0. The van der Waals surface area contributed by atoms with Gasteiger partial charge in [-0.2, -0.15) is 0 Å². The fourth-order valence-electron chi connectivity index (χ4n) is 1.08. The summed E-state index contributed by atoms with van der Waals surface area (Å²) < 4.78 is 1.92. The van der Waals surface area contributed by atoms with E-state index in [1.165, 1.54) is 0 Å². The Kier molecular flexibility index (Phi) is 1.18. The third kappa shape index (κ3) is 0.981. The first-order valence-corrected chi connectivity index (χ1v) is 3.55. The molecule has 3 nitrogen and oxygen atoms in total. The number of aryl methyl sites for hydroxylation is 2. The van der Waals surface area contributed by atoms with E-state index in [-0.39, 0.29) is 0 Å². The molecule has 0 fully saturated rings. The third-order valence-electron chi connectivity index (χ3n) is 1.59. The van der Waals surface area contributed by atoms with E-state index in [0.29, 0.717) is 0 Å². The van der Waals surface area contributed by atoms with E-state index in [1.54, 1.807) is 0 Å². The molecule has 0 radical (unpaired) electrons. The minimum absolute atomic E-state index is 0.780. The third-order valence-corrected chi connectivity index (χ3v) is 1.59. The van der Waals surface area contributed by atoms with E-state index < -0.39 is 0 Å². The SMILES string of the molecule is Cc1ccn2cc(C)nc2n1. The molecule has 0 saturated heterocycles. The fourth-order valence-corrected chi connectivity index (χ4v) is 1.08. The van der Waals surface area contributed by atoms with Gasteiger partial charge in [0.2, 0.25) is 5.78 Å². The molecule has 0 aliphatic carbocycles. The molecule has 0 bridgehead atoms. The van der Waals surface area contributed by atoms with Crippen LogP contribution < -0.4 is 0 Å². The van der Waals surface area contributed by atoms with Crippen molar-refractivity contribution in [1.29, 1.82) is 0 Å². The van der Waals surface area contributed by atoms with Crippen molar-refractivity contribution < 1.29 is 0 Å². The highest BCUT2D eigenvalue weighted by Crippen LogP contribution is 2.01. The summed E-state index contributed by atoms with van der Waals surface area (Å²) in [5, 5.41) is 0. The van der Waals surface area contributed by atoms with Gasteiger partial charge >= 0.3 is 0 Å². The second kappa shape index (κ2) is 2.05. The highest BCUT2D eigenvalue weighted by atomic mass is 15.1. The molecule has 0 aliphatic heterocycles. The predicted molar refractivity (Wildman–Crippen MR) is 42.5 cm³/mol. The molecule has 0 amide bonds. The highest BCUT2D eigenvalue weighted by molar-refractivity contribution is 5.30. The Bertz CT molecular complexity index is 389. The van der Waals surface area contributed by atoms with Crippen LogP contribution in [0.5, 0.6) is 0 Å². The zero-order valence-electron chi connectivity index (χ0n) is 6.57. The van der Waals surface area contributed by atoms with Gasteiger partial charge in [0.15, 0.2) is 0 Å². The van der Waals surface area contributed by atoms with E-state index in [0.717, 1.165) is 17.2 Å². The molecular weight excluding hydrogens is 138 g/mol. The van der Waals surface area contributed by atoms with E-state index in [9.17, 15) is 0 Å². The Morgan fingerprint density at radius 1 is 1.18 bits per heavy atom. The first kappa shape index (κ1) is 6.34. The van der Waals surface area contributed by atoms with Crippen LogP contribution in [0.15, 0.2) is 18.5 Å². The van der Waals surface area contributed by atoms with Crippen molar-refractivity contribution in [2.24, 2.45) is 0 Å². The maximum absolute atomic E-state index is 4.25. The Hall–Kier alpha value is -1.38. The smallest absolute Gasteiger partial charge is 0.234 e. The van der Waals surface area contributed by atoms with Gasteiger partial charge in [0.1, 0.15) is 0 Å². The standard InChI is InChI=1S/C8H9N3/c1-6-3-4-11-5-7(2)10-8(11)9-6/h3-5H,1-2H3. The van der Waals surface area contributed by atoms with Crippen LogP contribution in [0.1, 0.15) is 11.4 Å². The molecule has 2 aromatic rings. The van der Waals surface area contributed by atoms with Crippen LogP contribution >= 0.6 is 0 Å². The van der Waals surface area contributed by atoms with E-state index in [1.807, 2.05) is 36.7 Å².